The van der Waals surface area contributed by atoms with Gasteiger partial charge in [-0.3, -0.25) is 15.0 Å². The lowest BCUT2D eigenvalue weighted by Gasteiger charge is -2.34. The summed E-state index contributed by atoms with van der Waals surface area (Å²) in [7, 11) is 0. The van der Waals surface area contributed by atoms with E-state index in [0.29, 0.717) is 0 Å². The van der Waals surface area contributed by atoms with Gasteiger partial charge in [0.25, 0.3) is 0 Å². The van der Waals surface area contributed by atoms with E-state index in [2.05, 4.69) is 5.32 Å². The zero-order chi connectivity index (χ0) is 16.4. The number of likely N-dealkylation sites (tertiary alicyclic amines) is 1. The molecule has 0 aromatic rings. The first-order valence-corrected chi connectivity index (χ1v) is 6.89. The molecule has 3 amide bonds. The zero-order valence-corrected chi connectivity index (χ0v) is 11.8. The second kappa shape index (κ2) is 6.57. The van der Waals surface area contributed by atoms with Crippen molar-refractivity contribution in [3.63, 3.8) is 0 Å². The lowest BCUT2D eigenvalue weighted by Crippen LogP contribution is -2.59. The average molecular weight is 317 g/mol. The van der Waals surface area contributed by atoms with Gasteiger partial charge in [0.05, 0.1) is 31.3 Å². The first kappa shape index (κ1) is 16.6. The van der Waals surface area contributed by atoms with E-state index in [-0.39, 0.29) is 32.7 Å². The molecule has 124 valence electrons. The minimum Gasteiger partial charge on any atom is -0.480 e. The third kappa shape index (κ3) is 3.19. The fourth-order valence-corrected chi connectivity index (χ4v) is 2.82. The van der Waals surface area contributed by atoms with E-state index >= 15 is 0 Å². The molecule has 2 heterocycles. The molecule has 0 aliphatic carbocycles. The number of carboxylic acid groups (broad SMARTS) is 1. The molecular formula is C12H19N3O7. The molecule has 22 heavy (non-hydrogen) atoms. The Morgan fingerprint density at radius 2 is 1.95 bits per heavy atom. The summed E-state index contributed by atoms with van der Waals surface area (Å²) in [6.45, 7) is -0.111. The number of carboxylic acids is 1. The number of rotatable bonds is 5. The molecule has 2 fully saturated rings. The van der Waals surface area contributed by atoms with Crippen LogP contribution in [0.2, 0.25) is 0 Å². The maximum absolute atomic E-state index is 11.8. The summed E-state index contributed by atoms with van der Waals surface area (Å²) in [5.41, 5.74) is 0. The third-order valence-corrected chi connectivity index (χ3v) is 4.04. The molecule has 2 aliphatic rings. The summed E-state index contributed by atoms with van der Waals surface area (Å²) in [6, 6.07) is -2.71. The van der Waals surface area contributed by atoms with Crippen molar-refractivity contribution in [3.8, 4) is 0 Å². The Balaban J connectivity index is 2.01. The van der Waals surface area contributed by atoms with Gasteiger partial charge in [-0.1, -0.05) is 0 Å². The molecule has 0 saturated carbocycles. The van der Waals surface area contributed by atoms with Crippen LogP contribution in [0.15, 0.2) is 0 Å². The number of aliphatic hydroxyl groups excluding tert-OH is 3. The number of nitrogens with zero attached hydrogens (tertiary/aromatic N) is 2. The van der Waals surface area contributed by atoms with E-state index in [0.717, 1.165) is 4.90 Å². The lowest BCUT2D eigenvalue weighted by molar-refractivity contribution is -0.145. The molecule has 0 radical (unpaired) electrons. The number of imide groups is 1. The Morgan fingerprint density at radius 3 is 2.55 bits per heavy atom. The molecule has 2 saturated heterocycles. The van der Waals surface area contributed by atoms with Crippen LogP contribution in [-0.4, -0.2) is 98.7 Å². The van der Waals surface area contributed by atoms with Crippen LogP contribution < -0.4 is 5.32 Å². The van der Waals surface area contributed by atoms with Gasteiger partial charge in [-0.25, -0.2) is 9.59 Å². The zero-order valence-electron chi connectivity index (χ0n) is 11.8. The maximum Gasteiger partial charge on any atom is 0.327 e. The van der Waals surface area contributed by atoms with Crippen molar-refractivity contribution in [1.29, 1.82) is 0 Å². The number of aliphatic carboxylic acids is 1. The number of aliphatic hydroxyl groups is 3. The van der Waals surface area contributed by atoms with Crippen LogP contribution in [0.3, 0.4) is 0 Å². The predicted molar refractivity (Wildman–Crippen MR) is 70.7 cm³/mol. The van der Waals surface area contributed by atoms with Crippen LogP contribution in [0.1, 0.15) is 6.42 Å². The summed E-state index contributed by atoms with van der Waals surface area (Å²) in [4.78, 5) is 36.8. The first-order valence-electron chi connectivity index (χ1n) is 6.89. The predicted octanol–water partition coefficient (Wildman–Crippen LogP) is -3.22. The number of carbonyl (C=O) groups excluding carboxylic acids is 2. The number of amides is 3. The van der Waals surface area contributed by atoms with Gasteiger partial charge < -0.3 is 25.3 Å². The van der Waals surface area contributed by atoms with Crippen molar-refractivity contribution in [1.82, 2.24) is 15.1 Å². The first-order chi connectivity index (χ1) is 10.3. The van der Waals surface area contributed by atoms with Gasteiger partial charge in [0, 0.05) is 19.6 Å². The number of nitrogens with one attached hydrogen (secondary N) is 1. The number of β-amino-alcohol motifs (C(OH)–C–C–N with tert-alkyl or cyclic N) is 1. The smallest absolute Gasteiger partial charge is 0.327 e. The Morgan fingerprint density at radius 1 is 1.27 bits per heavy atom. The molecule has 2 rings (SSSR count). The van der Waals surface area contributed by atoms with E-state index in [4.69, 9.17) is 5.11 Å². The third-order valence-electron chi connectivity index (χ3n) is 4.04. The van der Waals surface area contributed by atoms with Crippen molar-refractivity contribution >= 4 is 17.9 Å². The van der Waals surface area contributed by atoms with Crippen molar-refractivity contribution in [2.75, 3.05) is 26.2 Å². The van der Waals surface area contributed by atoms with Crippen molar-refractivity contribution < 1.29 is 34.8 Å². The molecule has 3 unspecified atom stereocenters. The second-order valence-corrected chi connectivity index (χ2v) is 5.41. The van der Waals surface area contributed by atoms with Gasteiger partial charge in [-0.05, 0) is 0 Å². The van der Waals surface area contributed by atoms with E-state index < -0.39 is 42.2 Å². The summed E-state index contributed by atoms with van der Waals surface area (Å²) in [5, 5.41) is 39.7. The molecule has 0 aromatic heterocycles. The summed E-state index contributed by atoms with van der Waals surface area (Å²) in [5.74, 6) is -1.92. The fraction of sp³-hybridized carbons (Fsp3) is 0.750. The molecule has 5 N–H and O–H groups in total. The van der Waals surface area contributed by atoms with Crippen LogP contribution in [0.4, 0.5) is 4.79 Å². The Labute approximate surface area is 125 Å². The Hall–Kier alpha value is -1.75. The average Bonchev–Trinajstić information content (AvgIpc) is 2.71. The summed E-state index contributed by atoms with van der Waals surface area (Å²) >= 11 is 0. The highest BCUT2D eigenvalue weighted by Crippen LogP contribution is 2.19. The minimum atomic E-state index is -1.27. The monoisotopic (exact) mass is 317 g/mol. The van der Waals surface area contributed by atoms with Gasteiger partial charge >= 0.3 is 12.0 Å². The van der Waals surface area contributed by atoms with Gasteiger partial charge in [0.2, 0.25) is 5.91 Å². The van der Waals surface area contributed by atoms with Gasteiger partial charge in [0.15, 0.2) is 0 Å². The standard InChI is InChI=1S/C12H19N3O7/c16-5-7-10(19)8(17)4-14(7)1-2-15-6(11(20)21)3-9(18)13-12(15)22/h6-8,10,16-17,19H,1-5H2,(H,20,21)(H,13,18,22)/t6?,7-,8?,10?/m1/s1. The van der Waals surface area contributed by atoms with Gasteiger partial charge in [-0.2, -0.15) is 0 Å². The number of carbonyl (C=O) groups is 3. The largest absolute Gasteiger partial charge is 0.480 e. The molecule has 10 nitrogen and oxygen atoms in total. The van der Waals surface area contributed by atoms with Gasteiger partial charge in [0.1, 0.15) is 6.04 Å². The van der Waals surface area contributed by atoms with Crippen molar-refractivity contribution in [2.24, 2.45) is 0 Å². The van der Waals surface area contributed by atoms with Gasteiger partial charge in [-0.15, -0.1) is 0 Å². The lowest BCUT2D eigenvalue weighted by atomic mass is 10.1. The van der Waals surface area contributed by atoms with E-state index in [9.17, 15) is 29.7 Å². The van der Waals surface area contributed by atoms with Crippen LogP contribution in [0, 0.1) is 0 Å². The highest BCUT2D eigenvalue weighted by molar-refractivity contribution is 6.01. The molecular weight excluding hydrogens is 298 g/mol. The second-order valence-electron chi connectivity index (χ2n) is 5.41. The van der Waals surface area contributed by atoms with Crippen LogP contribution in [-0.2, 0) is 9.59 Å². The van der Waals surface area contributed by atoms with Crippen molar-refractivity contribution in [3.05, 3.63) is 0 Å². The van der Waals surface area contributed by atoms with E-state index in [1.807, 2.05) is 0 Å². The van der Waals surface area contributed by atoms with E-state index in [1.165, 1.54) is 0 Å². The number of hydrogen-bond donors (Lipinski definition) is 5. The molecule has 2 aliphatic heterocycles. The number of hydrogen-bond acceptors (Lipinski definition) is 7. The fourth-order valence-electron chi connectivity index (χ4n) is 2.82. The van der Waals surface area contributed by atoms with Crippen molar-refractivity contribution in [2.45, 2.75) is 30.7 Å². The van der Waals surface area contributed by atoms with Crippen LogP contribution in [0.5, 0.6) is 0 Å². The number of urea groups is 1. The Bertz CT molecular complexity index is 472. The molecule has 0 spiro atoms. The Kier molecular flexibility index (Phi) is 4.96. The highest BCUT2D eigenvalue weighted by atomic mass is 16.4. The maximum atomic E-state index is 11.8. The highest BCUT2D eigenvalue weighted by Gasteiger charge is 2.41. The summed E-state index contributed by atoms with van der Waals surface area (Å²) < 4.78 is 0. The minimum absolute atomic E-state index is 0.00792. The van der Waals surface area contributed by atoms with E-state index in [1.54, 1.807) is 4.90 Å². The SMILES string of the molecule is O=C1CC(C(=O)O)N(CCN2CC(O)C(O)[C@H]2CO)C(=O)N1. The molecule has 4 atom stereocenters. The normalized spacial score (nSPS) is 33.1. The topological polar surface area (TPSA) is 151 Å². The quantitative estimate of drug-likeness (QED) is 0.355. The molecule has 0 bridgehead atoms. The summed E-state index contributed by atoms with van der Waals surface area (Å²) in [6.07, 6.45) is -2.43. The van der Waals surface area contributed by atoms with Crippen LogP contribution in [0.25, 0.3) is 0 Å². The molecule has 10 heteroatoms. The van der Waals surface area contributed by atoms with Crippen LogP contribution >= 0.6 is 0 Å². The molecule has 0 aromatic carbocycles.